The second-order valence-corrected chi connectivity index (χ2v) is 6.28. The number of aryl methyl sites for hydroxylation is 1. The topological polar surface area (TPSA) is 125 Å². The molecule has 2 N–H and O–H groups in total. The van der Waals surface area contributed by atoms with Crippen LogP contribution in [0.4, 0.5) is 11.6 Å². The average molecular weight is 331 g/mol. The number of rotatable bonds is 5. The van der Waals surface area contributed by atoms with Gasteiger partial charge in [-0.1, -0.05) is 0 Å². The number of nitriles is 1. The standard InChI is InChI=1S/C14H13N5O3S/c1-10-8-16-14(17-9-10)19-23(21,22)12-4-2-11(3-5-12)18-13(20)6-7-15/h2-5,8-9H,6H2,1H3,(H,18,20)(H,16,17,19). The summed E-state index contributed by atoms with van der Waals surface area (Å²) in [6.45, 7) is 1.79. The Balaban J connectivity index is 2.12. The lowest BCUT2D eigenvalue weighted by molar-refractivity contribution is -0.115. The van der Waals surface area contributed by atoms with Gasteiger partial charge in [-0.05, 0) is 36.8 Å². The number of nitrogens with one attached hydrogen (secondary N) is 2. The van der Waals surface area contributed by atoms with Gasteiger partial charge in [0.2, 0.25) is 11.9 Å². The zero-order valence-electron chi connectivity index (χ0n) is 12.1. The number of anilines is 2. The predicted octanol–water partition coefficient (Wildman–Crippen LogP) is 1.44. The highest BCUT2D eigenvalue weighted by molar-refractivity contribution is 7.92. The van der Waals surface area contributed by atoms with Gasteiger partial charge in [-0.15, -0.1) is 0 Å². The van der Waals surface area contributed by atoms with Crippen molar-refractivity contribution >= 4 is 27.6 Å². The highest BCUT2D eigenvalue weighted by atomic mass is 32.2. The van der Waals surface area contributed by atoms with Crippen molar-refractivity contribution in [3.05, 3.63) is 42.2 Å². The third kappa shape index (κ3) is 4.49. The highest BCUT2D eigenvalue weighted by Gasteiger charge is 2.15. The van der Waals surface area contributed by atoms with Crippen LogP contribution >= 0.6 is 0 Å². The highest BCUT2D eigenvalue weighted by Crippen LogP contribution is 2.16. The lowest BCUT2D eigenvalue weighted by atomic mass is 10.3. The van der Waals surface area contributed by atoms with Crippen LogP contribution in [0.5, 0.6) is 0 Å². The minimum absolute atomic E-state index is 0.0000397. The van der Waals surface area contributed by atoms with Crippen LogP contribution in [-0.4, -0.2) is 24.3 Å². The van der Waals surface area contributed by atoms with E-state index in [1.165, 1.54) is 36.7 Å². The molecule has 0 saturated carbocycles. The van der Waals surface area contributed by atoms with Gasteiger partial charge in [0, 0.05) is 18.1 Å². The zero-order valence-corrected chi connectivity index (χ0v) is 13.0. The smallest absolute Gasteiger partial charge is 0.264 e. The van der Waals surface area contributed by atoms with Crippen LogP contribution < -0.4 is 10.0 Å². The first-order valence-electron chi connectivity index (χ1n) is 6.49. The molecule has 1 heterocycles. The largest absolute Gasteiger partial charge is 0.325 e. The minimum atomic E-state index is -3.82. The van der Waals surface area contributed by atoms with Gasteiger partial charge in [0.15, 0.2) is 0 Å². The Morgan fingerprint density at radius 1 is 1.22 bits per heavy atom. The number of hydrogen-bond acceptors (Lipinski definition) is 6. The van der Waals surface area contributed by atoms with E-state index in [2.05, 4.69) is 20.0 Å². The molecule has 1 aromatic carbocycles. The number of carbonyl (C=O) groups is 1. The summed E-state index contributed by atoms with van der Waals surface area (Å²) in [5.74, 6) is -0.490. The first kappa shape index (κ1) is 16.4. The summed E-state index contributed by atoms with van der Waals surface area (Å²) < 4.78 is 26.7. The van der Waals surface area contributed by atoms with Gasteiger partial charge in [0.25, 0.3) is 10.0 Å². The molecule has 118 valence electrons. The Morgan fingerprint density at radius 2 is 1.83 bits per heavy atom. The van der Waals surface area contributed by atoms with Crippen LogP contribution in [0.1, 0.15) is 12.0 Å². The van der Waals surface area contributed by atoms with Gasteiger partial charge in [0.1, 0.15) is 6.42 Å². The van der Waals surface area contributed by atoms with Crippen molar-refractivity contribution in [1.29, 1.82) is 5.26 Å². The van der Waals surface area contributed by atoms with E-state index in [-0.39, 0.29) is 17.3 Å². The maximum absolute atomic E-state index is 12.2. The van der Waals surface area contributed by atoms with Crippen molar-refractivity contribution in [2.75, 3.05) is 10.0 Å². The van der Waals surface area contributed by atoms with Crippen LogP contribution in [0.25, 0.3) is 0 Å². The molecule has 9 heteroatoms. The van der Waals surface area contributed by atoms with Crippen LogP contribution in [0, 0.1) is 18.3 Å². The summed E-state index contributed by atoms with van der Waals surface area (Å²) in [5, 5.41) is 10.9. The van der Waals surface area contributed by atoms with Gasteiger partial charge in [0.05, 0.1) is 11.0 Å². The van der Waals surface area contributed by atoms with Crippen LogP contribution in [0.2, 0.25) is 0 Å². The van der Waals surface area contributed by atoms with E-state index in [0.29, 0.717) is 5.69 Å². The molecule has 8 nitrogen and oxygen atoms in total. The van der Waals surface area contributed by atoms with E-state index < -0.39 is 15.9 Å². The van der Waals surface area contributed by atoms with E-state index >= 15 is 0 Å². The lowest BCUT2D eigenvalue weighted by Crippen LogP contribution is -2.15. The molecule has 0 aliphatic carbocycles. The molecule has 2 aromatic rings. The Morgan fingerprint density at radius 3 is 2.39 bits per heavy atom. The molecule has 2 rings (SSSR count). The SMILES string of the molecule is Cc1cnc(NS(=O)(=O)c2ccc(NC(=O)CC#N)cc2)nc1. The zero-order chi connectivity index (χ0) is 16.9. The monoisotopic (exact) mass is 331 g/mol. The summed E-state index contributed by atoms with van der Waals surface area (Å²) >= 11 is 0. The summed E-state index contributed by atoms with van der Waals surface area (Å²) in [5.41, 5.74) is 1.21. The van der Waals surface area contributed by atoms with Gasteiger partial charge in [-0.25, -0.2) is 23.1 Å². The second-order valence-electron chi connectivity index (χ2n) is 4.60. The third-order valence-electron chi connectivity index (χ3n) is 2.69. The van der Waals surface area contributed by atoms with E-state index in [9.17, 15) is 13.2 Å². The maximum Gasteiger partial charge on any atom is 0.264 e. The fourth-order valence-electron chi connectivity index (χ4n) is 1.62. The summed E-state index contributed by atoms with van der Waals surface area (Å²) in [6, 6.07) is 7.25. The number of benzene rings is 1. The number of nitrogens with zero attached hydrogens (tertiary/aromatic N) is 3. The molecule has 0 aliphatic rings. The third-order valence-corrected chi connectivity index (χ3v) is 4.04. The summed E-state index contributed by atoms with van der Waals surface area (Å²) in [7, 11) is -3.82. The molecule has 0 saturated heterocycles. The Hall–Kier alpha value is -2.99. The van der Waals surface area contributed by atoms with E-state index in [1.54, 1.807) is 13.0 Å². The van der Waals surface area contributed by atoms with Crippen molar-refractivity contribution < 1.29 is 13.2 Å². The first-order valence-corrected chi connectivity index (χ1v) is 7.97. The Bertz CT molecular complexity index is 839. The molecule has 1 aromatic heterocycles. The molecular weight excluding hydrogens is 318 g/mol. The number of sulfonamides is 1. The van der Waals surface area contributed by atoms with Crippen LogP contribution in [0.15, 0.2) is 41.6 Å². The normalized spacial score (nSPS) is 10.6. The van der Waals surface area contributed by atoms with Gasteiger partial charge in [-0.3, -0.25) is 4.79 Å². The predicted molar refractivity (Wildman–Crippen MR) is 82.9 cm³/mol. The Labute approximate surface area is 133 Å². The van der Waals surface area contributed by atoms with Gasteiger partial charge < -0.3 is 5.32 Å². The minimum Gasteiger partial charge on any atom is -0.325 e. The first-order chi connectivity index (χ1) is 10.9. The molecule has 0 spiro atoms. The van der Waals surface area contributed by atoms with Crippen molar-refractivity contribution in [2.45, 2.75) is 18.2 Å². The fraction of sp³-hybridized carbons (Fsp3) is 0.143. The Kier molecular flexibility index (Phi) is 4.88. The summed E-state index contributed by atoms with van der Waals surface area (Å²) in [6.07, 6.45) is 2.73. The lowest BCUT2D eigenvalue weighted by Gasteiger charge is -2.08. The maximum atomic E-state index is 12.2. The number of hydrogen-bond donors (Lipinski definition) is 2. The molecule has 1 amide bonds. The van der Waals surface area contributed by atoms with Crippen molar-refractivity contribution in [1.82, 2.24) is 9.97 Å². The molecule has 0 atom stereocenters. The molecule has 0 aliphatic heterocycles. The quantitative estimate of drug-likeness (QED) is 0.854. The molecular formula is C14H13N5O3S. The molecule has 0 unspecified atom stereocenters. The van der Waals surface area contributed by atoms with Crippen LogP contribution in [-0.2, 0) is 14.8 Å². The fourth-order valence-corrected chi connectivity index (χ4v) is 2.58. The van der Waals surface area contributed by atoms with E-state index in [1.807, 2.05) is 0 Å². The average Bonchev–Trinajstić information content (AvgIpc) is 2.50. The van der Waals surface area contributed by atoms with Crippen molar-refractivity contribution in [3.8, 4) is 6.07 Å². The van der Waals surface area contributed by atoms with Crippen molar-refractivity contribution in [3.63, 3.8) is 0 Å². The summed E-state index contributed by atoms with van der Waals surface area (Å²) in [4.78, 5) is 19.0. The second kappa shape index (κ2) is 6.85. The molecule has 0 bridgehead atoms. The number of aromatic nitrogens is 2. The van der Waals surface area contributed by atoms with Crippen molar-refractivity contribution in [2.24, 2.45) is 0 Å². The molecule has 0 radical (unpaired) electrons. The molecule has 23 heavy (non-hydrogen) atoms. The molecule has 0 fully saturated rings. The van der Waals surface area contributed by atoms with Crippen LogP contribution in [0.3, 0.4) is 0 Å². The van der Waals surface area contributed by atoms with E-state index in [4.69, 9.17) is 5.26 Å². The van der Waals surface area contributed by atoms with E-state index in [0.717, 1.165) is 5.56 Å². The number of amides is 1. The van der Waals surface area contributed by atoms with Gasteiger partial charge in [-0.2, -0.15) is 5.26 Å². The number of carbonyl (C=O) groups excluding carboxylic acids is 1. The van der Waals surface area contributed by atoms with Gasteiger partial charge >= 0.3 is 0 Å².